The second-order valence-corrected chi connectivity index (χ2v) is 7.72. The molecule has 0 unspecified atom stereocenters. The number of phenols is 1. The van der Waals surface area contributed by atoms with Crippen LogP contribution in [0.15, 0.2) is 18.2 Å². The normalized spacial score (nSPS) is 17.5. The van der Waals surface area contributed by atoms with Gasteiger partial charge < -0.3 is 15.2 Å². The van der Waals surface area contributed by atoms with Crippen LogP contribution in [-0.2, 0) is 16.6 Å². The van der Waals surface area contributed by atoms with Gasteiger partial charge in [0.05, 0.1) is 12.9 Å². The Labute approximate surface area is 132 Å². The van der Waals surface area contributed by atoms with E-state index in [2.05, 4.69) is 5.32 Å². The number of methoxy groups -OCH3 is 1. The summed E-state index contributed by atoms with van der Waals surface area (Å²) in [5, 5.41) is 13.2. The van der Waals surface area contributed by atoms with Crippen molar-refractivity contribution in [2.45, 2.75) is 32.4 Å². The van der Waals surface area contributed by atoms with Gasteiger partial charge in [-0.1, -0.05) is 6.07 Å². The van der Waals surface area contributed by atoms with Crippen molar-refractivity contribution in [1.82, 2.24) is 9.62 Å². The molecule has 1 aliphatic rings. The topological polar surface area (TPSA) is 78.9 Å². The molecule has 1 fully saturated rings. The van der Waals surface area contributed by atoms with Gasteiger partial charge in [-0.05, 0) is 37.5 Å². The Morgan fingerprint density at radius 2 is 2.05 bits per heavy atom. The lowest BCUT2D eigenvalue weighted by atomic mass is 10.1. The first-order valence-corrected chi connectivity index (χ1v) is 9.14. The highest BCUT2D eigenvalue weighted by Gasteiger charge is 2.26. The van der Waals surface area contributed by atoms with Crippen molar-refractivity contribution in [2.75, 3.05) is 26.0 Å². The van der Waals surface area contributed by atoms with Crippen molar-refractivity contribution in [3.63, 3.8) is 0 Å². The Hall–Kier alpha value is -1.31. The van der Waals surface area contributed by atoms with E-state index in [1.807, 2.05) is 6.07 Å². The predicted molar refractivity (Wildman–Crippen MR) is 85.6 cm³/mol. The van der Waals surface area contributed by atoms with Crippen LogP contribution in [0.5, 0.6) is 11.5 Å². The Morgan fingerprint density at radius 1 is 1.36 bits per heavy atom. The Morgan fingerprint density at radius 3 is 2.59 bits per heavy atom. The fourth-order valence-corrected chi connectivity index (χ4v) is 3.76. The van der Waals surface area contributed by atoms with Crippen molar-refractivity contribution in [3.8, 4) is 11.5 Å². The van der Waals surface area contributed by atoms with Crippen LogP contribution in [0.3, 0.4) is 0 Å². The number of nitrogens with zero attached hydrogens (tertiary/aromatic N) is 1. The van der Waals surface area contributed by atoms with Crippen LogP contribution in [-0.4, -0.2) is 49.8 Å². The third kappa shape index (κ3) is 4.12. The van der Waals surface area contributed by atoms with Gasteiger partial charge in [-0.3, -0.25) is 0 Å². The number of nitrogens with one attached hydrogen (secondary N) is 1. The Bertz CT molecular complexity index is 596. The summed E-state index contributed by atoms with van der Waals surface area (Å²) in [7, 11) is -1.55. The molecule has 1 aromatic carbocycles. The van der Waals surface area contributed by atoms with E-state index < -0.39 is 10.0 Å². The molecule has 1 saturated heterocycles. The first kappa shape index (κ1) is 17.1. The molecule has 0 aromatic heterocycles. The molecule has 0 atom stereocenters. The molecule has 1 aromatic rings. The molecule has 0 saturated carbocycles. The van der Waals surface area contributed by atoms with Gasteiger partial charge in [0.1, 0.15) is 0 Å². The molecular formula is C15H24N2O4S. The SMILES string of the molecule is CCS(=O)(=O)N1CCC(NCc2ccc(OC)c(O)c2)CC1. The minimum Gasteiger partial charge on any atom is -0.504 e. The van der Waals surface area contributed by atoms with E-state index in [4.69, 9.17) is 4.74 Å². The van der Waals surface area contributed by atoms with Gasteiger partial charge in [0.2, 0.25) is 10.0 Å². The summed E-state index contributed by atoms with van der Waals surface area (Å²) < 4.78 is 30.2. The fraction of sp³-hybridized carbons (Fsp3) is 0.600. The number of ether oxygens (including phenoxy) is 1. The molecule has 0 spiro atoms. The Balaban J connectivity index is 1.83. The molecule has 124 valence electrons. The maximum atomic E-state index is 11.8. The summed E-state index contributed by atoms with van der Waals surface area (Å²) in [6, 6.07) is 5.63. The predicted octanol–water partition coefficient (Wildman–Crippen LogP) is 1.30. The van der Waals surface area contributed by atoms with Crippen molar-refractivity contribution < 1.29 is 18.3 Å². The van der Waals surface area contributed by atoms with Gasteiger partial charge in [-0.2, -0.15) is 0 Å². The summed E-state index contributed by atoms with van der Waals surface area (Å²) in [6.07, 6.45) is 1.61. The molecule has 2 N–H and O–H groups in total. The summed E-state index contributed by atoms with van der Waals surface area (Å²) >= 11 is 0. The lowest BCUT2D eigenvalue weighted by molar-refractivity contribution is 0.289. The molecule has 6 nitrogen and oxygen atoms in total. The van der Waals surface area contributed by atoms with Gasteiger partial charge in [-0.15, -0.1) is 0 Å². The molecule has 0 radical (unpaired) electrons. The number of hydrogen-bond acceptors (Lipinski definition) is 5. The second kappa shape index (κ2) is 7.30. The smallest absolute Gasteiger partial charge is 0.213 e. The quantitative estimate of drug-likeness (QED) is 0.823. The number of sulfonamides is 1. The molecule has 0 amide bonds. The molecule has 2 rings (SSSR count). The second-order valence-electron chi connectivity index (χ2n) is 5.46. The number of aromatic hydroxyl groups is 1. The van der Waals surface area contributed by atoms with E-state index in [-0.39, 0.29) is 11.5 Å². The molecular weight excluding hydrogens is 304 g/mol. The summed E-state index contributed by atoms with van der Waals surface area (Å²) in [4.78, 5) is 0. The van der Waals surface area contributed by atoms with E-state index in [0.29, 0.717) is 31.4 Å². The average molecular weight is 328 g/mol. The molecule has 22 heavy (non-hydrogen) atoms. The highest BCUT2D eigenvalue weighted by atomic mass is 32.2. The van der Waals surface area contributed by atoms with Crippen LogP contribution in [0.1, 0.15) is 25.3 Å². The highest BCUT2D eigenvalue weighted by Crippen LogP contribution is 2.26. The van der Waals surface area contributed by atoms with Gasteiger partial charge in [-0.25, -0.2) is 12.7 Å². The van der Waals surface area contributed by atoms with E-state index in [1.165, 1.54) is 7.11 Å². The number of phenolic OH excluding ortho intramolecular Hbond substituents is 1. The van der Waals surface area contributed by atoms with Crippen molar-refractivity contribution >= 4 is 10.0 Å². The minimum atomic E-state index is -3.07. The number of rotatable bonds is 6. The van der Waals surface area contributed by atoms with Crippen LogP contribution in [0.4, 0.5) is 0 Å². The summed E-state index contributed by atoms with van der Waals surface area (Å²) in [6.45, 7) is 3.46. The van der Waals surface area contributed by atoms with Crippen molar-refractivity contribution in [1.29, 1.82) is 0 Å². The highest BCUT2D eigenvalue weighted by molar-refractivity contribution is 7.89. The summed E-state index contributed by atoms with van der Waals surface area (Å²) in [5.74, 6) is 0.753. The van der Waals surface area contributed by atoms with Gasteiger partial charge in [0.25, 0.3) is 0 Å². The first-order valence-electron chi connectivity index (χ1n) is 7.53. The number of hydrogen-bond donors (Lipinski definition) is 2. The zero-order valence-corrected chi connectivity index (χ0v) is 13.9. The van der Waals surface area contributed by atoms with E-state index in [0.717, 1.165) is 18.4 Å². The lowest BCUT2D eigenvalue weighted by Crippen LogP contribution is -2.45. The molecule has 7 heteroatoms. The summed E-state index contributed by atoms with van der Waals surface area (Å²) in [5.41, 5.74) is 0.974. The van der Waals surface area contributed by atoms with Crippen molar-refractivity contribution in [3.05, 3.63) is 23.8 Å². The van der Waals surface area contributed by atoms with Crippen LogP contribution in [0.2, 0.25) is 0 Å². The third-order valence-electron chi connectivity index (χ3n) is 4.05. The van der Waals surface area contributed by atoms with Crippen LogP contribution in [0, 0.1) is 0 Å². The minimum absolute atomic E-state index is 0.130. The zero-order valence-electron chi connectivity index (χ0n) is 13.1. The van der Waals surface area contributed by atoms with Crippen LogP contribution >= 0.6 is 0 Å². The van der Waals surface area contributed by atoms with Gasteiger partial charge in [0, 0.05) is 25.7 Å². The standard InChI is InChI=1S/C15H24N2O4S/c1-3-22(19,20)17-8-6-13(7-9-17)16-11-12-4-5-15(21-2)14(18)10-12/h4-5,10,13,16,18H,3,6-9,11H2,1-2H3. The van der Waals surface area contributed by atoms with Crippen LogP contribution < -0.4 is 10.1 Å². The fourth-order valence-electron chi connectivity index (χ4n) is 2.63. The zero-order chi connectivity index (χ0) is 16.2. The maximum Gasteiger partial charge on any atom is 0.213 e. The number of piperidine rings is 1. The molecule has 1 aliphatic heterocycles. The average Bonchev–Trinajstić information content (AvgIpc) is 2.53. The number of benzene rings is 1. The first-order chi connectivity index (χ1) is 10.5. The van der Waals surface area contributed by atoms with E-state index in [1.54, 1.807) is 23.4 Å². The van der Waals surface area contributed by atoms with Gasteiger partial charge in [0.15, 0.2) is 11.5 Å². The van der Waals surface area contributed by atoms with Gasteiger partial charge >= 0.3 is 0 Å². The lowest BCUT2D eigenvalue weighted by Gasteiger charge is -2.31. The Kier molecular flexibility index (Phi) is 5.66. The largest absolute Gasteiger partial charge is 0.504 e. The van der Waals surface area contributed by atoms with Crippen LogP contribution in [0.25, 0.3) is 0 Å². The van der Waals surface area contributed by atoms with Crippen molar-refractivity contribution in [2.24, 2.45) is 0 Å². The van der Waals surface area contributed by atoms with E-state index in [9.17, 15) is 13.5 Å². The van der Waals surface area contributed by atoms with E-state index >= 15 is 0 Å². The third-order valence-corrected chi connectivity index (χ3v) is 5.93. The monoisotopic (exact) mass is 328 g/mol. The maximum absolute atomic E-state index is 11.8. The molecule has 0 aliphatic carbocycles. The molecule has 0 bridgehead atoms. The molecule has 1 heterocycles.